The van der Waals surface area contributed by atoms with Gasteiger partial charge in [0.1, 0.15) is 0 Å². The van der Waals surface area contributed by atoms with E-state index in [2.05, 4.69) is 20.7 Å². The summed E-state index contributed by atoms with van der Waals surface area (Å²) in [6.45, 7) is 5.24. The summed E-state index contributed by atoms with van der Waals surface area (Å²) in [6.07, 6.45) is 0. The molecule has 4 nitrogen and oxygen atoms in total. The van der Waals surface area contributed by atoms with Crippen LogP contribution in [-0.4, -0.2) is 14.5 Å². The minimum absolute atomic E-state index is 0.149. The molecule has 0 saturated carbocycles. The van der Waals surface area contributed by atoms with Crippen LogP contribution in [0.3, 0.4) is 0 Å². The van der Waals surface area contributed by atoms with Gasteiger partial charge in [0.15, 0.2) is 0 Å². The number of hydrogen-bond acceptors (Lipinski definition) is 3. The van der Waals surface area contributed by atoms with Gasteiger partial charge in [0, 0.05) is 16.2 Å². The van der Waals surface area contributed by atoms with Gasteiger partial charge >= 0.3 is 0 Å². The molecule has 90 valence electrons. The highest BCUT2D eigenvalue weighted by atomic mass is 79.9. The molecule has 0 aromatic heterocycles. The Bertz CT molecular complexity index is 498. The Hall–Kier alpha value is -0.590. The van der Waals surface area contributed by atoms with Gasteiger partial charge in [0.05, 0.1) is 4.90 Å². The summed E-state index contributed by atoms with van der Waals surface area (Å²) < 4.78 is 27.1. The van der Waals surface area contributed by atoms with Crippen LogP contribution in [0.5, 0.6) is 0 Å². The van der Waals surface area contributed by atoms with E-state index >= 15 is 0 Å². The third-order valence-electron chi connectivity index (χ3n) is 2.05. The van der Waals surface area contributed by atoms with Crippen LogP contribution in [0.4, 0.5) is 5.69 Å². The van der Waals surface area contributed by atoms with Crippen molar-refractivity contribution < 1.29 is 8.42 Å². The maximum Gasteiger partial charge on any atom is 0.241 e. The van der Waals surface area contributed by atoms with E-state index in [0.717, 1.165) is 0 Å². The second-order valence-corrected chi connectivity index (χ2v) is 6.49. The van der Waals surface area contributed by atoms with Gasteiger partial charge in [-0.25, -0.2) is 13.1 Å². The number of nitrogens with one attached hydrogen (secondary N) is 1. The molecule has 0 radical (unpaired) electrons. The number of nitrogens with two attached hydrogens (primary N) is 1. The lowest BCUT2D eigenvalue weighted by Gasteiger charge is -2.13. The van der Waals surface area contributed by atoms with Crippen LogP contribution in [0.1, 0.15) is 19.4 Å². The largest absolute Gasteiger partial charge is 0.398 e. The maximum absolute atomic E-state index is 12.0. The maximum atomic E-state index is 12.0. The molecule has 3 N–H and O–H groups in total. The van der Waals surface area contributed by atoms with Crippen LogP contribution >= 0.6 is 15.9 Å². The van der Waals surface area contributed by atoms with E-state index in [4.69, 9.17) is 5.73 Å². The average Bonchev–Trinajstić information content (AvgIpc) is 2.08. The molecule has 0 heterocycles. The molecule has 0 aliphatic carbocycles. The molecule has 0 spiro atoms. The zero-order valence-electron chi connectivity index (χ0n) is 9.41. The van der Waals surface area contributed by atoms with Crippen LogP contribution in [-0.2, 0) is 10.0 Å². The van der Waals surface area contributed by atoms with E-state index in [-0.39, 0.29) is 10.9 Å². The molecule has 0 saturated heterocycles. The Balaban J connectivity index is 3.33. The first kappa shape index (κ1) is 13.5. The predicted octanol–water partition coefficient (Wildman–Crippen LogP) is 2.03. The minimum atomic E-state index is -3.50. The summed E-state index contributed by atoms with van der Waals surface area (Å²) in [5.41, 5.74) is 6.75. The Morgan fingerprint density at radius 2 is 1.94 bits per heavy atom. The van der Waals surface area contributed by atoms with E-state index in [1.165, 1.54) is 0 Å². The third kappa shape index (κ3) is 2.96. The predicted molar refractivity (Wildman–Crippen MR) is 68.7 cm³/mol. The van der Waals surface area contributed by atoms with Gasteiger partial charge in [-0.1, -0.05) is 15.9 Å². The quantitative estimate of drug-likeness (QED) is 0.839. The van der Waals surface area contributed by atoms with Crippen LogP contribution in [0.2, 0.25) is 0 Å². The van der Waals surface area contributed by atoms with Crippen LogP contribution in [0.15, 0.2) is 21.5 Å². The topological polar surface area (TPSA) is 72.2 Å². The summed E-state index contributed by atoms with van der Waals surface area (Å²) in [7, 11) is -3.50. The summed E-state index contributed by atoms with van der Waals surface area (Å²) >= 11 is 3.23. The molecule has 0 amide bonds. The lowest BCUT2D eigenvalue weighted by atomic mass is 10.2. The smallest absolute Gasteiger partial charge is 0.241 e. The summed E-state index contributed by atoms with van der Waals surface area (Å²) in [6, 6.07) is 3.09. The molecule has 0 aliphatic heterocycles. The first-order valence-corrected chi connectivity index (χ1v) is 7.09. The number of hydrogen-bond donors (Lipinski definition) is 2. The van der Waals surface area contributed by atoms with Crippen molar-refractivity contribution in [3.63, 3.8) is 0 Å². The first-order valence-electron chi connectivity index (χ1n) is 4.82. The van der Waals surface area contributed by atoms with Crippen molar-refractivity contribution in [1.82, 2.24) is 4.72 Å². The van der Waals surface area contributed by atoms with Crippen molar-refractivity contribution in [2.75, 3.05) is 5.73 Å². The normalized spacial score (nSPS) is 12.1. The highest BCUT2D eigenvalue weighted by Gasteiger charge is 2.19. The Kier molecular flexibility index (Phi) is 3.98. The summed E-state index contributed by atoms with van der Waals surface area (Å²) in [4.78, 5) is 0.216. The van der Waals surface area contributed by atoms with Gasteiger partial charge in [-0.05, 0) is 38.5 Å². The van der Waals surface area contributed by atoms with Gasteiger partial charge in [-0.3, -0.25) is 0 Å². The second kappa shape index (κ2) is 4.73. The lowest BCUT2D eigenvalue weighted by molar-refractivity contribution is 0.569. The lowest BCUT2D eigenvalue weighted by Crippen LogP contribution is -2.30. The van der Waals surface area contributed by atoms with Gasteiger partial charge in [0.25, 0.3) is 0 Å². The van der Waals surface area contributed by atoms with Crippen LogP contribution in [0, 0.1) is 6.92 Å². The van der Waals surface area contributed by atoms with Crippen LogP contribution in [0.25, 0.3) is 0 Å². The Labute approximate surface area is 104 Å². The van der Waals surface area contributed by atoms with Gasteiger partial charge < -0.3 is 5.73 Å². The number of benzene rings is 1. The molecule has 0 bridgehead atoms. The Morgan fingerprint density at radius 3 is 2.44 bits per heavy atom. The van der Waals surface area contributed by atoms with Gasteiger partial charge in [0.2, 0.25) is 10.0 Å². The summed E-state index contributed by atoms with van der Waals surface area (Å²) in [5, 5.41) is 0. The molecule has 0 atom stereocenters. The number of sulfonamides is 1. The van der Waals surface area contributed by atoms with Crippen molar-refractivity contribution in [2.24, 2.45) is 0 Å². The number of halogens is 1. The van der Waals surface area contributed by atoms with Crippen molar-refractivity contribution in [1.29, 1.82) is 0 Å². The fourth-order valence-electron chi connectivity index (χ4n) is 1.33. The van der Waals surface area contributed by atoms with E-state index in [1.807, 2.05) is 0 Å². The molecule has 0 fully saturated rings. The fraction of sp³-hybridized carbons (Fsp3) is 0.400. The zero-order valence-corrected chi connectivity index (χ0v) is 11.8. The molecule has 0 unspecified atom stereocenters. The molecular weight excluding hydrogens is 292 g/mol. The van der Waals surface area contributed by atoms with E-state index in [9.17, 15) is 8.42 Å². The van der Waals surface area contributed by atoms with Crippen LogP contribution < -0.4 is 10.5 Å². The first-order chi connectivity index (χ1) is 7.24. The highest BCUT2D eigenvalue weighted by Crippen LogP contribution is 2.26. The number of rotatable bonds is 3. The number of anilines is 1. The molecule has 16 heavy (non-hydrogen) atoms. The molecule has 1 aromatic rings. The van der Waals surface area contributed by atoms with Gasteiger partial charge in [-0.15, -0.1) is 0 Å². The molecule has 0 aliphatic rings. The monoisotopic (exact) mass is 306 g/mol. The SMILES string of the molecule is Cc1c(N)cc(Br)cc1S(=O)(=O)NC(C)C. The van der Waals surface area contributed by atoms with Crippen molar-refractivity contribution in [3.8, 4) is 0 Å². The molecule has 1 rings (SSSR count). The van der Waals surface area contributed by atoms with E-state index < -0.39 is 10.0 Å². The third-order valence-corrected chi connectivity index (χ3v) is 4.29. The fourth-order valence-corrected chi connectivity index (χ4v) is 3.50. The summed E-state index contributed by atoms with van der Waals surface area (Å²) in [5.74, 6) is 0. The van der Waals surface area contributed by atoms with E-state index in [1.54, 1.807) is 32.9 Å². The standard InChI is InChI=1S/C10H15BrN2O2S/c1-6(2)13-16(14,15)10-5-8(11)4-9(12)7(10)3/h4-6,13H,12H2,1-3H3. The average molecular weight is 307 g/mol. The van der Waals surface area contributed by atoms with Gasteiger partial charge in [-0.2, -0.15) is 0 Å². The van der Waals surface area contributed by atoms with E-state index in [0.29, 0.717) is 15.7 Å². The van der Waals surface area contributed by atoms with Crippen molar-refractivity contribution in [3.05, 3.63) is 22.2 Å². The van der Waals surface area contributed by atoms with Crippen molar-refractivity contribution in [2.45, 2.75) is 31.7 Å². The minimum Gasteiger partial charge on any atom is -0.398 e. The zero-order chi connectivity index (χ0) is 12.5. The highest BCUT2D eigenvalue weighted by molar-refractivity contribution is 9.10. The molecular formula is C10H15BrN2O2S. The molecule has 6 heteroatoms. The van der Waals surface area contributed by atoms with Crippen molar-refractivity contribution >= 4 is 31.6 Å². The Morgan fingerprint density at radius 1 is 1.38 bits per heavy atom. The second-order valence-electron chi connectivity index (χ2n) is 3.89. The molecule has 1 aromatic carbocycles. The number of nitrogen functional groups attached to an aromatic ring is 1.